The van der Waals surface area contributed by atoms with Crippen molar-refractivity contribution < 1.29 is 9.47 Å². The quantitative estimate of drug-likeness (QED) is 0.821. The summed E-state index contributed by atoms with van der Waals surface area (Å²) in [4.78, 5) is 4.38. The van der Waals surface area contributed by atoms with Crippen LogP contribution in [-0.2, 0) is 9.47 Å². The predicted octanol–water partition coefficient (Wildman–Crippen LogP) is 2.38. The molecule has 2 N–H and O–H groups in total. The zero-order valence-electron chi connectivity index (χ0n) is 9.87. The van der Waals surface area contributed by atoms with E-state index in [9.17, 15) is 0 Å². The minimum atomic E-state index is -0.373. The molecule has 0 atom stereocenters. The van der Waals surface area contributed by atoms with Crippen LogP contribution in [0.2, 0.25) is 0 Å². The molecule has 1 aliphatic rings. The van der Waals surface area contributed by atoms with Crippen LogP contribution in [-0.4, -0.2) is 18.2 Å². The number of aromatic nitrogens is 1. The molecule has 92 valence electrons. The van der Waals surface area contributed by atoms with E-state index in [-0.39, 0.29) is 6.29 Å². The van der Waals surface area contributed by atoms with E-state index in [0.717, 1.165) is 22.5 Å². The predicted molar refractivity (Wildman–Crippen MR) is 68.7 cm³/mol. The number of nitrogens with two attached hydrogens (primary N) is 1. The van der Waals surface area contributed by atoms with Gasteiger partial charge in [-0.05, 0) is 23.8 Å². The summed E-state index contributed by atoms with van der Waals surface area (Å²) in [6, 6.07) is 11.6. The molecule has 0 aliphatic carbocycles. The molecule has 0 amide bonds. The fraction of sp³-hybridized carbons (Fsp3) is 0.214. The number of hydrogen-bond acceptors (Lipinski definition) is 4. The number of nitrogen functional groups attached to an aromatic ring is 1. The van der Waals surface area contributed by atoms with Crippen LogP contribution in [0.1, 0.15) is 12.0 Å². The number of benzene rings is 1. The summed E-state index contributed by atoms with van der Waals surface area (Å²) in [5.41, 5.74) is 9.38. The van der Waals surface area contributed by atoms with Gasteiger partial charge in [0.15, 0.2) is 0 Å². The first-order chi connectivity index (χ1) is 8.84. The second-order valence-electron chi connectivity index (χ2n) is 4.14. The second-order valence-corrected chi connectivity index (χ2v) is 4.14. The Labute approximate surface area is 105 Å². The molecule has 0 saturated carbocycles. The summed E-state index contributed by atoms with van der Waals surface area (Å²) in [6.45, 7) is 1.22. The number of nitrogens with zero attached hydrogens (tertiary/aromatic N) is 1. The SMILES string of the molecule is Nc1cccc(-c2cccnc2C2OCCO2)c1. The Kier molecular flexibility index (Phi) is 2.96. The van der Waals surface area contributed by atoms with Gasteiger partial charge in [0.05, 0.1) is 13.2 Å². The number of rotatable bonds is 2. The van der Waals surface area contributed by atoms with Gasteiger partial charge < -0.3 is 15.2 Å². The number of hydrogen-bond donors (Lipinski definition) is 1. The summed E-state index contributed by atoms with van der Waals surface area (Å²) < 4.78 is 11.0. The zero-order chi connectivity index (χ0) is 12.4. The topological polar surface area (TPSA) is 57.4 Å². The highest BCUT2D eigenvalue weighted by molar-refractivity contribution is 5.69. The molecule has 4 nitrogen and oxygen atoms in total. The van der Waals surface area contributed by atoms with Crippen molar-refractivity contribution >= 4 is 5.69 Å². The Bertz CT molecular complexity index is 551. The third-order valence-electron chi connectivity index (χ3n) is 2.88. The molecule has 0 radical (unpaired) electrons. The Morgan fingerprint density at radius 2 is 1.94 bits per heavy atom. The van der Waals surface area contributed by atoms with Gasteiger partial charge in [-0.2, -0.15) is 0 Å². The van der Waals surface area contributed by atoms with E-state index in [1.165, 1.54) is 0 Å². The Balaban J connectivity index is 2.06. The van der Waals surface area contributed by atoms with Crippen molar-refractivity contribution in [3.8, 4) is 11.1 Å². The standard InChI is InChI=1S/C14H14N2O2/c15-11-4-1-3-10(9-11)12-5-2-6-16-13(12)14-17-7-8-18-14/h1-6,9,14H,7-8,15H2. The summed E-state index contributed by atoms with van der Waals surface area (Å²) >= 11 is 0. The number of pyridine rings is 1. The average Bonchev–Trinajstić information content (AvgIpc) is 2.92. The molecule has 1 aromatic carbocycles. The maximum absolute atomic E-state index is 5.82. The normalized spacial score (nSPS) is 16.0. The van der Waals surface area contributed by atoms with Crippen LogP contribution in [0.25, 0.3) is 11.1 Å². The van der Waals surface area contributed by atoms with Gasteiger partial charge in [-0.1, -0.05) is 18.2 Å². The summed E-state index contributed by atoms with van der Waals surface area (Å²) in [5, 5.41) is 0. The maximum Gasteiger partial charge on any atom is 0.201 e. The molecule has 2 heterocycles. The number of anilines is 1. The lowest BCUT2D eigenvalue weighted by molar-refractivity contribution is -0.0468. The van der Waals surface area contributed by atoms with Crippen molar-refractivity contribution in [2.45, 2.75) is 6.29 Å². The van der Waals surface area contributed by atoms with Crippen LogP contribution in [0.3, 0.4) is 0 Å². The molecule has 0 unspecified atom stereocenters. The monoisotopic (exact) mass is 242 g/mol. The molecule has 3 rings (SSSR count). The smallest absolute Gasteiger partial charge is 0.201 e. The molecule has 1 aliphatic heterocycles. The van der Waals surface area contributed by atoms with Crippen LogP contribution in [0.4, 0.5) is 5.69 Å². The average molecular weight is 242 g/mol. The fourth-order valence-corrected chi connectivity index (χ4v) is 2.07. The van der Waals surface area contributed by atoms with Crippen LogP contribution in [0.5, 0.6) is 0 Å². The zero-order valence-corrected chi connectivity index (χ0v) is 9.87. The molecule has 0 bridgehead atoms. The van der Waals surface area contributed by atoms with E-state index < -0.39 is 0 Å². The molecular weight excluding hydrogens is 228 g/mol. The lowest BCUT2D eigenvalue weighted by Gasteiger charge is -2.13. The van der Waals surface area contributed by atoms with Gasteiger partial charge in [0.1, 0.15) is 5.69 Å². The van der Waals surface area contributed by atoms with Crippen molar-refractivity contribution in [2.75, 3.05) is 18.9 Å². The Hall–Kier alpha value is -1.91. The lowest BCUT2D eigenvalue weighted by atomic mass is 10.0. The van der Waals surface area contributed by atoms with E-state index in [1.54, 1.807) is 6.20 Å². The van der Waals surface area contributed by atoms with Crippen molar-refractivity contribution in [1.82, 2.24) is 4.98 Å². The molecule has 4 heteroatoms. The van der Waals surface area contributed by atoms with Gasteiger partial charge in [0.25, 0.3) is 0 Å². The third-order valence-corrected chi connectivity index (χ3v) is 2.88. The largest absolute Gasteiger partial charge is 0.399 e. The summed E-state index contributed by atoms with van der Waals surface area (Å²) in [6.07, 6.45) is 1.37. The van der Waals surface area contributed by atoms with Crippen molar-refractivity contribution in [1.29, 1.82) is 0 Å². The van der Waals surface area contributed by atoms with Crippen LogP contribution in [0, 0.1) is 0 Å². The minimum Gasteiger partial charge on any atom is -0.399 e. The van der Waals surface area contributed by atoms with E-state index in [1.807, 2.05) is 36.4 Å². The maximum atomic E-state index is 5.82. The Morgan fingerprint density at radius 3 is 2.72 bits per heavy atom. The van der Waals surface area contributed by atoms with Crippen LogP contribution in [0.15, 0.2) is 42.6 Å². The van der Waals surface area contributed by atoms with Crippen LogP contribution >= 0.6 is 0 Å². The van der Waals surface area contributed by atoms with Crippen molar-refractivity contribution in [2.24, 2.45) is 0 Å². The van der Waals surface area contributed by atoms with E-state index in [0.29, 0.717) is 13.2 Å². The lowest BCUT2D eigenvalue weighted by Crippen LogP contribution is -2.03. The fourth-order valence-electron chi connectivity index (χ4n) is 2.07. The molecule has 2 aromatic rings. The molecular formula is C14H14N2O2. The highest BCUT2D eigenvalue weighted by atomic mass is 16.7. The molecule has 1 fully saturated rings. The molecule has 0 spiro atoms. The van der Waals surface area contributed by atoms with E-state index >= 15 is 0 Å². The molecule has 1 saturated heterocycles. The highest BCUT2D eigenvalue weighted by Gasteiger charge is 2.23. The van der Waals surface area contributed by atoms with E-state index in [4.69, 9.17) is 15.2 Å². The minimum absolute atomic E-state index is 0.373. The second kappa shape index (κ2) is 4.76. The summed E-state index contributed by atoms with van der Waals surface area (Å²) in [7, 11) is 0. The molecule has 18 heavy (non-hydrogen) atoms. The third kappa shape index (κ3) is 2.08. The van der Waals surface area contributed by atoms with Gasteiger partial charge in [-0.25, -0.2) is 0 Å². The summed E-state index contributed by atoms with van der Waals surface area (Å²) in [5.74, 6) is 0. The first-order valence-corrected chi connectivity index (χ1v) is 5.88. The first-order valence-electron chi connectivity index (χ1n) is 5.88. The number of ether oxygens (including phenoxy) is 2. The van der Waals surface area contributed by atoms with Crippen molar-refractivity contribution in [3.63, 3.8) is 0 Å². The first kappa shape index (κ1) is 11.2. The van der Waals surface area contributed by atoms with Gasteiger partial charge in [0.2, 0.25) is 6.29 Å². The van der Waals surface area contributed by atoms with Crippen molar-refractivity contribution in [3.05, 3.63) is 48.3 Å². The van der Waals surface area contributed by atoms with Crippen LogP contribution < -0.4 is 5.73 Å². The van der Waals surface area contributed by atoms with Gasteiger partial charge >= 0.3 is 0 Å². The highest BCUT2D eigenvalue weighted by Crippen LogP contribution is 2.31. The van der Waals surface area contributed by atoms with Gasteiger partial charge in [-0.15, -0.1) is 0 Å². The van der Waals surface area contributed by atoms with Gasteiger partial charge in [-0.3, -0.25) is 4.98 Å². The van der Waals surface area contributed by atoms with Gasteiger partial charge in [0, 0.05) is 17.4 Å². The molecule has 1 aromatic heterocycles. The Morgan fingerprint density at radius 1 is 1.11 bits per heavy atom. The van der Waals surface area contributed by atoms with E-state index in [2.05, 4.69) is 4.98 Å².